The van der Waals surface area contributed by atoms with Crippen LogP contribution in [0.2, 0.25) is 0 Å². The molecule has 0 saturated carbocycles. The lowest BCUT2D eigenvalue weighted by Gasteiger charge is -2.12. The topological polar surface area (TPSA) is 63.0 Å². The van der Waals surface area contributed by atoms with Crippen molar-refractivity contribution in [3.63, 3.8) is 0 Å². The Balaban J connectivity index is 1.63. The van der Waals surface area contributed by atoms with Crippen LogP contribution in [0.3, 0.4) is 0 Å². The zero-order valence-corrected chi connectivity index (χ0v) is 15.0. The maximum Gasteiger partial charge on any atom is 0.191 e. The second-order valence-corrected chi connectivity index (χ2v) is 6.17. The Morgan fingerprint density at radius 1 is 1.25 bits per heavy atom. The summed E-state index contributed by atoms with van der Waals surface area (Å²) in [5, 5.41) is 6.56. The molecule has 6 heteroatoms. The fraction of sp³-hybridized carbons (Fsp3) is 0.556. The first kappa shape index (κ1) is 18.3. The number of imidazole rings is 1. The average molecular weight is 331 g/mol. The van der Waals surface area contributed by atoms with Gasteiger partial charge in [0, 0.05) is 45.6 Å². The Hall–Kier alpha value is -2.08. The highest BCUT2D eigenvalue weighted by atomic mass is 16.5. The molecule has 0 bridgehead atoms. The Morgan fingerprint density at radius 2 is 2.08 bits per heavy atom. The summed E-state index contributed by atoms with van der Waals surface area (Å²) >= 11 is 0. The first-order chi connectivity index (χ1) is 11.7. The minimum atomic E-state index is 0.687. The molecule has 0 atom stereocenters. The van der Waals surface area contributed by atoms with E-state index in [2.05, 4.69) is 40.7 Å². The standard InChI is InChI=1S/C18H29N5O/c1-15(2)8-12-24-13-10-21-18(19-3)20-9-7-16-14-23-11-5-4-6-17(23)22-16/h4-6,11,14-15H,7-10,12-13H2,1-3H3,(H2,19,20,21). The molecule has 0 fully saturated rings. The number of hydrogen-bond acceptors (Lipinski definition) is 3. The normalized spacial score (nSPS) is 12.1. The molecule has 0 aromatic carbocycles. The Labute approximate surface area is 144 Å². The molecule has 24 heavy (non-hydrogen) atoms. The number of fused-ring (bicyclic) bond motifs is 1. The minimum absolute atomic E-state index is 0.687. The van der Waals surface area contributed by atoms with Crippen LogP contribution < -0.4 is 10.6 Å². The number of pyridine rings is 1. The van der Waals surface area contributed by atoms with E-state index in [1.165, 1.54) is 0 Å². The van der Waals surface area contributed by atoms with E-state index in [-0.39, 0.29) is 0 Å². The number of ether oxygens (including phenoxy) is 1. The molecule has 2 heterocycles. The van der Waals surface area contributed by atoms with E-state index < -0.39 is 0 Å². The fourth-order valence-corrected chi connectivity index (χ4v) is 2.30. The Kier molecular flexibility index (Phi) is 7.55. The average Bonchev–Trinajstić information content (AvgIpc) is 2.98. The van der Waals surface area contributed by atoms with Crippen molar-refractivity contribution in [2.45, 2.75) is 26.7 Å². The van der Waals surface area contributed by atoms with Crippen LogP contribution in [0.1, 0.15) is 26.0 Å². The van der Waals surface area contributed by atoms with Crippen molar-refractivity contribution in [3.8, 4) is 0 Å². The monoisotopic (exact) mass is 331 g/mol. The third kappa shape index (κ3) is 6.20. The van der Waals surface area contributed by atoms with Crippen LogP contribution >= 0.6 is 0 Å². The van der Waals surface area contributed by atoms with Crippen LogP contribution in [0, 0.1) is 5.92 Å². The van der Waals surface area contributed by atoms with Crippen molar-refractivity contribution in [2.75, 3.05) is 33.4 Å². The maximum atomic E-state index is 5.59. The molecule has 2 aromatic heterocycles. The van der Waals surface area contributed by atoms with E-state index >= 15 is 0 Å². The van der Waals surface area contributed by atoms with E-state index in [0.29, 0.717) is 12.5 Å². The molecule has 0 amide bonds. The van der Waals surface area contributed by atoms with Crippen LogP contribution in [-0.2, 0) is 11.2 Å². The lowest BCUT2D eigenvalue weighted by atomic mass is 10.1. The Bertz CT molecular complexity index is 602. The molecule has 0 aliphatic carbocycles. The van der Waals surface area contributed by atoms with Gasteiger partial charge in [-0.05, 0) is 24.5 Å². The van der Waals surface area contributed by atoms with Crippen LogP contribution in [0.15, 0.2) is 35.6 Å². The van der Waals surface area contributed by atoms with Gasteiger partial charge in [-0.2, -0.15) is 0 Å². The van der Waals surface area contributed by atoms with Gasteiger partial charge in [-0.3, -0.25) is 4.99 Å². The molecule has 0 radical (unpaired) electrons. The molecule has 2 rings (SSSR count). The predicted octanol–water partition coefficient (Wildman–Crippen LogP) is 2.10. The van der Waals surface area contributed by atoms with Crippen LogP contribution in [-0.4, -0.2) is 48.7 Å². The molecule has 6 nitrogen and oxygen atoms in total. The SMILES string of the molecule is CN=C(NCCOCCC(C)C)NCCc1cn2ccccc2n1. The van der Waals surface area contributed by atoms with Crippen molar-refractivity contribution in [2.24, 2.45) is 10.9 Å². The zero-order chi connectivity index (χ0) is 17.2. The van der Waals surface area contributed by atoms with E-state index in [1.807, 2.05) is 28.8 Å². The van der Waals surface area contributed by atoms with Gasteiger partial charge >= 0.3 is 0 Å². The number of hydrogen-bond donors (Lipinski definition) is 2. The lowest BCUT2D eigenvalue weighted by Crippen LogP contribution is -2.39. The molecule has 132 valence electrons. The van der Waals surface area contributed by atoms with Gasteiger partial charge in [0.25, 0.3) is 0 Å². The Morgan fingerprint density at radius 3 is 2.83 bits per heavy atom. The number of aliphatic imine (C=N–C) groups is 1. The summed E-state index contributed by atoms with van der Waals surface area (Å²) in [5.74, 6) is 1.48. The predicted molar refractivity (Wildman–Crippen MR) is 98.5 cm³/mol. The molecule has 0 unspecified atom stereocenters. The van der Waals surface area contributed by atoms with Crippen molar-refractivity contribution >= 4 is 11.6 Å². The summed E-state index contributed by atoms with van der Waals surface area (Å²) < 4.78 is 7.63. The summed E-state index contributed by atoms with van der Waals surface area (Å²) in [4.78, 5) is 8.81. The molecule has 0 spiro atoms. The second-order valence-electron chi connectivity index (χ2n) is 6.17. The minimum Gasteiger partial charge on any atom is -0.380 e. The van der Waals surface area contributed by atoms with Crippen molar-refractivity contribution in [1.82, 2.24) is 20.0 Å². The van der Waals surface area contributed by atoms with Crippen LogP contribution in [0.4, 0.5) is 0 Å². The van der Waals surface area contributed by atoms with Crippen molar-refractivity contribution in [3.05, 3.63) is 36.3 Å². The molecule has 0 aliphatic rings. The molecule has 2 N–H and O–H groups in total. The fourth-order valence-electron chi connectivity index (χ4n) is 2.30. The summed E-state index contributed by atoms with van der Waals surface area (Å²) in [6.45, 7) is 7.47. The largest absolute Gasteiger partial charge is 0.380 e. The van der Waals surface area contributed by atoms with E-state index in [1.54, 1.807) is 7.05 Å². The van der Waals surface area contributed by atoms with Gasteiger partial charge in [0.15, 0.2) is 5.96 Å². The van der Waals surface area contributed by atoms with Gasteiger partial charge in [0.2, 0.25) is 0 Å². The van der Waals surface area contributed by atoms with Gasteiger partial charge in [0.1, 0.15) is 5.65 Å². The first-order valence-electron chi connectivity index (χ1n) is 8.64. The number of rotatable bonds is 9. The molecular weight excluding hydrogens is 302 g/mol. The highest BCUT2D eigenvalue weighted by molar-refractivity contribution is 5.79. The summed E-state index contributed by atoms with van der Waals surface area (Å²) in [6.07, 6.45) is 6.04. The lowest BCUT2D eigenvalue weighted by molar-refractivity contribution is 0.128. The van der Waals surface area contributed by atoms with Crippen LogP contribution in [0.25, 0.3) is 5.65 Å². The highest BCUT2D eigenvalue weighted by Gasteiger charge is 2.02. The smallest absolute Gasteiger partial charge is 0.191 e. The number of aromatic nitrogens is 2. The van der Waals surface area contributed by atoms with Crippen molar-refractivity contribution in [1.29, 1.82) is 0 Å². The third-order valence-electron chi connectivity index (χ3n) is 3.69. The summed E-state index contributed by atoms with van der Waals surface area (Å²) in [7, 11) is 1.78. The van der Waals surface area contributed by atoms with Crippen molar-refractivity contribution < 1.29 is 4.74 Å². The second kappa shape index (κ2) is 9.93. The molecule has 2 aromatic rings. The molecule has 0 aliphatic heterocycles. The third-order valence-corrected chi connectivity index (χ3v) is 3.69. The van der Waals surface area contributed by atoms with E-state index in [0.717, 1.165) is 49.8 Å². The van der Waals surface area contributed by atoms with Crippen LogP contribution in [0.5, 0.6) is 0 Å². The van der Waals surface area contributed by atoms with Gasteiger partial charge in [0.05, 0.1) is 12.3 Å². The van der Waals surface area contributed by atoms with Gasteiger partial charge in [-0.25, -0.2) is 4.98 Å². The molecule has 0 saturated heterocycles. The zero-order valence-electron chi connectivity index (χ0n) is 15.0. The van der Waals surface area contributed by atoms with E-state index in [4.69, 9.17) is 4.74 Å². The van der Waals surface area contributed by atoms with Gasteiger partial charge in [-0.15, -0.1) is 0 Å². The highest BCUT2D eigenvalue weighted by Crippen LogP contribution is 2.04. The van der Waals surface area contributed by atoms with Gasteiger partial charge < -0.3 is 19.8 Å². The summed E-state index contributed by atoms with van der Waals surface area (Å²) in [5.41, 5.74) is 2.05. The number of nitrogens with zero attached hydrogens (tertiary/aromatic N) is 3. The maximum absolute atomic E-state index is 5.59. The quantitative estimate of drug-likeness (QED) is 0.420. The number of nitrogens with one attached hydrogen (secondary N) is 2. The first-order valence-corrected chi connectivity index (χ1v) is 8.64. The van der Waals surface area contributed by atoms with E-state index in [9.17, 15) is 0 Å². The summed E-state index contributed by atoms with van der Waals surface area (Å²) in [6, 6.07) is 6.02. The van der Waals surface area contributed by atoms with Gasteiger partial charge in [-0.1, -0.05) is 19.9 Å². The molecular formula is C18H29N5O. The number of guanidine groups is 1.